The number of halogens is 1. The Morgan fingerprint density at radius 3 is 2.95 bits per heavy atom. The highest BCUT2D eigenvalue weighted by molar-refractivity contribution is 9.10. The molecule has 1 aliphatic carbocycles. The molecule has 2 aliphatic rings. The van der Waals surface area contributed by atoms with Crippen LogP contribution in [0.5, 0.6) is 5.75 Å². The SMILES string of the molecule is C[C@@H](NCC1Cc2cc(Br)ccc2O1)C1CCCC1. The molecule has 1 heterocycles. The van der Waals surface area contributed by atoms with Crippen LogP contribution >= 0.6 is 15.9 Å². The molecule has 1 fully saturated rings. The lowest BCUT2D eigenvalue weighted by Gasteiger charge is -2.22. The van der Waals surface area contributed by atoms with Crippen molar-refractivity contribution in [3.8, 4) is 5.75 Å². The first-order valence-corrected chi connectivity index (χ1v) is 8.20. The second kappa shape index (κ2) is 5.84. The van der Waals surface area contributed by atoms with E-state index in [4.69, 9.17) is 4.74 Å². The van der Waals surface area contributed by atoms with Crippen molar-refractivity contribution in [1.82, 2.24) is 5.32 Å². The number of benzene rings is 1. The predicted octanol–water partition coefficient (Wildman–Crippen LogP) is 3.92. The monoisotopic (exact) mass is 323 g/mol. The Morgan fingerprint density at radius 2 is 2.16 bits per heavy atom. The Bertz CT molecular complexity index is 442. The topological polar surface area (TPSA) is 21.3 Å². The van der Waals surface area contributed by atoms with Crippen molar-refractivity contribution in [2.75, 3.05) is 6.54 Å². The van der Waals surface area contributed by atoms with Crippen molar-refractivity contribution in [2.24, 2.45) is 5.92 Å². The normalized spacial score (nSPS) is 24.2. The minimum atomic E-state index is 0.299. The van der Waals surface area contributed by atoms with E-state index in [2.05, 4.69) is 46.4 Å². The zero-order valence-corrected chi connectivity index (χ0v) is 13.1. The van der Waals surface area contributed by atoms with E-state index >= 15 is 0 Å². The standard InChI is InChI=1S/C16H22BrNO/c1-11(12-4-2-3-5-12)18-10-15-9-13-8-14(17)6-7-16(13)19-15/h6-8,11-12,15,18H,2-5,9-10H2,1H3/t11-,15?/m1/s1. The summed E-state index contributed by atoms with van der Waals surface area (Å²) < 4.78 is 7.13. The molecule has 3 rings (SSSR count). The summed E-state index contributed by atoms with van der Waals surface area (Å²) >= 11 is 3.52. The summed E-state index contributed by atoms with van der Waals surface area (Å²) in [5.74, 6) is 1.93. The van der Waals surface area contributed by atoms with Crippen molar-refractivity contribution in [2.45, 2.75) is 51.2 Å². The van der Waals surface area contributed by atoms with Gasteiger partial charge in [-0.15, -0.1) is 0 Å². The fourth-order valence-electron chi connectivity index (χ4n) is 3.34. The number of ether oxygens (including phenoxy) is 1. The smallest absolute Gasteiger partial charge is 0.123 e. The maximum atomic E-state index is 5.99. The Balaban J connectivity index is 1.50. The molecular formula is C16H22BrNO. The van der Waals surface area contributed by atoms with Gasteiger partial charge in [-0.05, 0) is 49.4 Å². The molecule has 0 saturated heterocycles. The number of hydrogen-bond donors (Lipinski definition) is 1. The van der Waals surface area contributed by atoms with Gasteiger partial charge in [0, 0.05) is 23.5 Å². The third-order valence-electron chi connectivity index (χ3n) is 4.54. The van der Waals surface area contributed by atoms with Gasteiger partial charge in [0.25, 0.3) is 0 Å². The molecule has 1 aromatic carbocycles. The largest absolute Gasteiger partial charge is 0.488 e. The van der Waals surface area contributed by atoms with Crippen molar-refractivity contribution >= 4 is 15.9 Å². The Hall–Kier alpha value is -0.540. The maximum absolute atomic E-state index is 5.99. The van der Waals surface area contributed by atoms with E-state index in [1.54, 1.807) is 0 Å². The van der Waals surface area contributed by atoms with Gasteiger partial charge in [-0.1, -0.05) is 28.8 Å². The van der Waals surface area contributed by atoms with Gasteiger partial charge in [-0.3, -0.25) is 0 Å². The lowest BCUT2D eigenvalue weighted by molar-refractivity contribution is 0.214. The van der Waals surface area contributed by atoms with E-state index in [-0.39, 0.29) is 0 Å². The van der Waals surface area contributed by atoms with Crippen molar-refractivity contribution in [3.63, 3.8) is 0 Å². The Morgan fingerprint density at radius 1 is 1.37 bits per heavy atom. The fraction of sp³-hybridized carbons (Fsp3) is 0.625. The predicted molar refractivity (Wildman–Crippen MR) is 81.7 cm³/mol. The zero-order chi connectivity index (χ0) is 13.2. The van der Waals surface area contributed by atoms with Crippen LogP contribution in [-0.2, 0) is 6.42 Å². The lowest BCUT2D eigenvalue weighted by Crippen LogP contribution is -2.39. The van der Waals surface area contributed by atoms with Gasteiger partial charge in [0.2, 0.25) is 0 Å². The average molecular weight is 324 g/mol. The molecule has 1 N–H and O–H groups in total. The van der Waals surface area contributed by atoms with Gasteiger partial charge in [-0.2, -0.15) is 0 Å². The molecule has 0 bridgehead atoms. The van der Waals surface area contributed by atoms with Gasteiger partial charge in [-0.25, -0.2) is 0 Å². The molecule has 1 aliphatic heterocycles. The molecule has 19 heavy (non-hydrogen) atoms. The molecular weight excluding hydrogens is 302 g/mol. The highest BCUT2D eigenvalue weighted by Crippen LogP contribution is 2.31. The van der Waals surface area contributed by atoms with E-state index in [9.17, 15) is 0 Å². The quantitative estimate of drug-likeness (QED) is 0.906. The lowest BCUT2D eigenvalue weighted by atomic mass is 9.99. The number of hydrogen-bond acceptors (Lipinski definition) is 2. The van der Waals surface area contributed by atoms with Crippen LogP contribution in [0.15, 0.2) is 22.7 Å². The fourth-order valence-corrected chi connectivity index (χ4v) is 3.75. The van der Waals surface area contributed by atoms with Crippen LogP contribution < -0.4 is 10.1 Å². The minimum absolute atomic E-state index is 0.299. The highest BCUT2D eigenvalue weighted by atomic mass is 79.9. The van der Waals surface area contributed by atoms with E-state index < -0.39 is 0 Å². The number of nitrogens with one attached hydrogen (secondary N) is 1. The molecule has 1 unspecified atom stereocenters. The highest BCUT2D eigenvalue weighted by Gasteiger charge is 2.25. The summed E-state index contributed by atoms with van der Waals surface area (Å²) in [6, 6.07) is 6.92. The molecule has 1 saturated carbocycles. The minimum Gasteiger partial charge on any atom is -0.488 e. The first-order valence-electron chi connectivity index (χ1n) is 7.41. The van der Waals surface area contributed by atoms with Gasteiger partial charge in [0.05, 0.1) is 0 Å². The maximum Gasteiger partial charge on any atom is 0.123 e. The second-order valence-corrected chi connectivity index (χ2v) is 6.85. The van der Waals surface area contributed by atoms with Gasteiger partial charge in [0.15, 0.2) is 0 Å². The van der Waals surface area contributed by atoms with Crippen LogP contribution in [0, 0.1) is 5.92 Å². The van der Waals surface area contributed by atoms with Crippen molar-refractivity contribution in [3.05, 3.63) is 28.2 Å². The summed E-state index contributed by atoms with van der Waals surface area (Å²) in [6.07, 6.45) is 6.94. The van der Waals surface area contributed by atoms with Crippen molar-refractivity contribution < 1.29 is 4.74 Å². The third-order valence-corrected chi connectivity index (χ3v) is 5.03. The van der Waals surface area contributed by atoms with E-state index in [1.807, 2.05) is 0 Å². The van der Waals surface area contributed by atoms with Crippen molar-refractivity contribution in [1.29, 1.82) is 0 Å². The summed E-state index contributed by atoms with van der Waals surface area (Å²) in [6.45, 7) is 3.29. The summed E-state index contributed by atoms with van der Waals surface area (Å²) in [5.41, 5.74) is 1.33. The molecule has 0 aromatic heterocycles. The van der Waals surface area contributed by atoms with Crippen LogP contribution in [-0.4, -0.2) is 18.7 Å². The van der Waals surface area contributed by atoms with Gasteiger partial charge >= 0.3 is 0 Å². The molecule has 3 heteroatoms. The molecule has 1 aromatic rings. The summed E-state index contributed by atoms with van der Waals surface area (Å²) in [5, 5.41) is 3.68. The molecule has 2 atom stereocenters. The van der Waals surface area contributed by atoms with Gasteiger partial charge < -0.3 is 10.1 Å². The Labute approximate surface area is 124 Å². The van der Waals surface area contributed by atoms with Gasteiger partial charge in [0.1, 0.15) is 11.9 Å². The number of rotatable bonds is 4. The summed E-state index contributed by atoms with van der Waals surface area (Å²) in [7, 11) is 0. The first kappa shape index (κ1) is 13.4. The molecule has 104 valence electrons. The van der Waals surface area contributed by atoms with E-state index in [0.717, 1.165) is 29.1 Å². The average Bonchev–Trinajstić information content (AvgIpc) is 3.04. The molecule has 0 spiro atoms. The van der Waals surface area contributed by atoms with Crippen LogP contribution in [0.3, 0.4) is 0 Å². The van der Waals surface area contributed by atoms with Crippen LogP contribution in [0.25, 0.3) is 0 Å². The van der Waals surface area contributed by atoms with Crippen LogP contribution in [0.4, 0.5) is 0 Å². The summed E-state index contributed by atoms with van der Waals surface area (Å²) in [4.78, 5) is 0. The first-order chi connectivity index (χ1) is 9.22. The number of fused-ring (bicyclic) bond motifs is 1. The van der Waals surface area contributed by atoms with E-state index in [0.29, 0.717) is 12.1 Å². The molecule has 0 radical (unpaired) electrons. The molecule has 0 amide bonds. The van der Waals surface area contributed by atoms with Crippen LogP contribution in [0.1, 0.15) is 38.2 Å². The second-order valence-electron chi connectivity index (χ2n) is 5.94. The Kier molecular flexibility index (Phi) is 4.13. The van der Waals surface area contributed by atoms with Crippen LogP contribution in [0.2, 0.25) is 0 Å². The molecule has 2 nitrogen and oxygen atoms in total. The third kappa shape index (κ3) is 3.14. The van der Waals surface area contributed by atoms with E-state index in [1.165, 1.54) is 31.2 Å². The zero-order valence-electron chi connectivity index (χ0n) is 11.5.